The van der Waals surface area contributed by atoms with Gasteiger partial charge in [0.2, 0.25) is 5.91 Å². The lowest BCUT2D eigenvalue weighted by Crippen LogP contribution is -2.41. The van der Waals surface area contributed by atoms with Crippen LogP contribution in [0.3, 0.4) is 0 Å². The normalized spacial score (nSPS) is 17.3. The van der Waals surface area contributed by atoms with Crippen LogP contribution in [0.15, 0.2) is 30.3 Å². The molecule has 0 saturated carbocycles. The van der Waals surface area contributed by atoms with E-state index in [9.17, 15) is 4.79 Å². The highest BCUT2D eigenvalue weighted by Crippen LogP contribution is 2.28. The predicted molar refractivity (Wildman–Crippen MR) is 106 cm³/mol. The Morgan fingerprint density at radius 1 is 1.22 bits per heavy atom. The van der Waals surface area contributed by atoms with Gasteiger partial charge >= 0.3 is 0 Å². The summed E-state index contributed by atoms with van der Waals surface area (Å²) >= 11 is 12.1. The van der Waals surface area contributed by atoms with Crippen LogP contribution in [0.4, 0.5) is 11.5 Å². The predicted octanol–water partition coefficient (Wildman–Crippen LogP) is 3.59. The SMILES string of the molecule is Cc1nnc2ccc(N3CCCC(C(=O)Nc4ccc(Cl)cc4Cl)C3)nn12. The molecule has 0 aliphatic carbocycles. The van der Waals surface area contributed by atoms with Gasteiger partial charge in [-0.1, -0.05) is 23.2 Å². The van der Waals surface area contributed by atoms with Gasteiger partial charge in [-0.05, 0) is 50.1 Å². The van der Waals surface area contributed by atoms with Crippen molar-refractivity contribution < 1.29 is 4.79 Å². The Morgan fingerprint density at radius 3 is 2.89 bits per heavy atom. The number of nitrogens with one attached hydrogen (secondary N) is 1. The van der Waals surface area contributed by atoms with E-state index in [4.69, 9.17) is 23.2 Å². The lowest BCUT2D eigenvalue weighted by Gasteiger charge is -2.32. The summed E-state index contributed by atoms with van der Waals surface area (Å²) in [5.41, 5.74) is 1.28. The third-order valence-electron chi connectivity index (χ3n) is 4.71. The number of hydrogen-bond donors (Lipinski definition) is 1. The van der Waals surface area contributed by atoms with Crippen molar-refractivity contribution in [2.45, 2.75) is 19.8 Å². The molecule has 1 aromatic carbocycles. The third-order valence-corrected chi connectivity index (χ3v) is 5.26. The Balaban J connectivity index is 1.49. The van der Waals surface area contributed by atoms with E-state index in [1.165, 1.54) is 0 Å². The van der Waals surface area contributed by atoms with Gasteiger partial charge in [-0.25, -0.2) is 0 Å². The van der Waals surface area contributed by atoms with Crippen molar-refractivity contribution in [2.24, 2.45) is 5.92 Å². The summed E-state index contributed by atoms with van der Waals surface area (Å²) < 4.78 is 1.71. The average molecular weight is 405 g/mol. The Kier molecular flexibility index (Phi) is 4.88. The first-order valence-corrected chi connectivity index (χ1v) is 9.47. The number of carbonyl (C=O) groups is 1. The maximum Gasteiger partial charge on any atom is 0.229 e. The Hall–Kier alpha value is -2.38. The molecule has 1 aliphatic rings. The molecule has 3 aromatic rings. The molecule has 4 rings (SSSR count). The molecule has 140 valence electrons. The second-order valence-electron chi connectivity index (χ2n) is 6.61. The van der Waals surface area contributed by atoms with E-state index in [1.54, 1.807) is 22.7 Å². The number of benzene rings is 1. The molecule has 1 fully saturated rings. The fraction of sp³-hybridized carbons (Fsp3) is 0.333. The Labute approximate surface area is 166 Å². The van der Waals surface area contributed by atoms with Crippen molar-refractivity contribution in [3.8, 4) is 0 Å². The van der Waals surface area contributed by atoms with Gasteiger partial charge in [0.05, 0.1) is 16.6 Å². The number of halogens is 2. The highest BCUT2D eigenvalue weighted by atomic mass is 35.5. The molecule has 1 saturated heterocycles. The second-order valence-corrected chi connectivity index (χ2v) is 7.45. The van der Waals surface area contributed by atoms with Gasteiger partial charge < -0.3 is 10.2 Å². The maximum absolute atomic E-state index is 12.7. The van der Waals surface area contributed by atoms with Crippen LogP contribution in [-0.4, -0.2) is 38.8 Å². The number of aryl methyl sites for hydroxylation is 1. The summed E-state index contributed by atoms with van der Waals surface area (Å²) in [4.78, 5) is 14.9. The van der Waals surface area contributed by atoms with Crippen LogP contribution in [0.2, 0.25) is 10.0 Å². The third kappa shape index (κ3) is 3.70. The van der Waals surface area contributed by atoms with Crippen molar-refractivity contribution in [2.75, 3.05) is 23.3 Å². The largest absolute Gasteiger partial charge is 0.354 e. The van der Waals surface area contributed by atoms with Gasteiger partial charge in [-0.3, -0.25) is 4.79 Å². The first-order chi connectivity index (χ1) is 13.0. The lowest BCUT2D eigenvalue weighted by molar-refractivity contribution is -0.120. The molecular weight excluding hydrogens is 387 g/mol. The number of hydrogen-bond acceptors (Lipinski definition) is 5. The summed E-state index contributed by atoms with van der Waals surface area (Å²) in [7, 11) is 0. The minimum atomic E-state index is -0.148. The average Bonchev–Trinajstić information content (AvgIpc) is 3.04. The van der Waals surface area contributed by atoms with Gasteiger partial charge in [-0.15, -0.1) is 15.3 Å². The Morgan fingerprint density at radius 2 is 2.07 bits per heavy atom. The van der Waals surface area contributed by atoms with E-state index in [0.717, 1.165) is 31.0 Å². The van der Waals surface area contributed by atoms with E-state index in [2.05, 4.69) is 25.5 Å². The molecule has 0 bridgehead atoms. The summed E-state index contributed by atoms with van der Waals surface area (Å²) in [5.74, 6) is 1.35. The van der Waals surface area contributed by atoms with Gasteiger partial charge in [0.25, 0.3) is 0 Å². The molecule has 1 amide bonds. The standard InChI is InChI=1S/C18H18Cl2N6O/c1-11-22-23-16-6-7-17(24-26(11)16)25-8-2-3-12(10-25)18(27)21-15-5-4-13(19)9-14(15)20/h4-7,9,12H,2-3,8,10H2,1H3,(H,21,27). The molecular formula is C18H18Cl2N6O. The zero-order chi connectivity index (χ0) is 19.0. The fourth-order valence-electron chi connectivity index (χ4n) is 3.28. The van der Waals surface area contributed by atoms with Crippen LogP contribution in [0.1, 0.15) is 18.7 Å². The lowest BCUT2D eigenvalue weighted by atomic mass is 9.97. The van der Waals surface area contributed by atoms with Crippen LogP contribution < -0.4 is 10.2 Å². The van der Waals surface area contributed by atoms with E-state index in [-0.39, 0.29) is 11.8 Å². The van der Waals surface area contributed by atoms with Gasteiger partial charge in [0.1, 0.15) is 5.82 Å². The molecule has 3 heterocycles. The monoisotopic (exact) mass is 404 g/mol. The van der Waals surface area contributed by atoms with Gasteiger partial charge in [0.15, 0.2) is 11.5 Å². The van der Waals surface area contributed by atoms with E-state index in [0.29, 0.717) is 27.9 Å². The van der Waals surface area contributed by atoms with Crippen molar-refractivity contribution in [3.05, 3.63) is 46.2 Å². The van der Waals surface area contributed by atoms with E-state index >= 15 is 0 Å². The van der Waals surface area contributed by atoms with Crippen LogP contribution in [0, 0.1) is 12.8 Å². The fourth-order valence-corrected chi connectivity index (χ4v) is 3.74. The number of fused-ring (bicyclic) bond motifs is 1. The number of rotatable bonds is 3. The van der Waals surface area contributed by atoms with Crippen LogP contribution in [0.25, 0.3) is 5.65 Å². The summed E-state index contributed by atoms with van der Waals surface area (Å²) in [6.07, 6.45) is 1.73. The number of anilines is 2. The van der Waals surface area contributed by atoms with Crippen molar-refractivity contribution >= 4 is 46.3 Å². The smallest absolute Gasteiger partial charge is 0.229 e. The highest BCUT2D eigenvalue weighted by molar-refractivity contribution is 6.36. The zero-order valence-electron chi connectivity index (χ0n) is 14.7. The molecule has 1 aliphatic heterocycles. The van der Waals surface area contributed by atoms with E-state index in [1.807, 2.05) is 19.1 Å². The number of aromatic nitrogens is 4. The van der Waals surface area contributed by atoms with E-state index < -0.39 is 0 Å². The number of nitrogens with zero attached hydrogens (tertiary/aromatic N) is 5. The molecule has 7 nitrogen and oxygen atoms in total. The molecule has 0 radical (unpaired) electrons. The van der Waals surface area contributed by atoms with Crippen LogP contribution in [-0.2, 0) is 4.79 Å². The first-order valence-electron chi connectivity index (χ1n) is 8.71. The summed E-state index contributed by atoms with van der Waals surface area (Å²) in [6.45, 7) is 3.31. The molecule has 2 aromatic heterocycles. The highest BCUT2D eigenvalue weighted by Gasteiger charge is 2.27. The molecule has 1 unspecified atom stereocenters. The second kappa shape index (κ2) is 7.32. The topological polar surface area (TPSA) is 75.4 Å². The summed E-state index contributed by atoms with van der Waals surface area (Å²) in [5, 5.41) is 16.6. The minimum Gasteiger partial charge on any atom is -0.354 e. The zero-order valence-corrected chi connectivity index (χ0v) is 16.2. The number of carbonyl (C=O) groups excluding carboxylic acids is 1. The number of amides is 1. The molecule has 1 atom stereocenters. The maximum atomic E-state index is 12.7. The molecule has 1 N–H and O–H groups in total. The van der Waals surface area contributed by atoms with Crippen molar-refractivity contribution in [1.82, 2.24) is 19.8 Å². The molecule has 9 heteroatoms. The summed E-state index contributed by atoms with van der Waals surface area (Å²) in [6, 6.07) is 8.84. The minimum absolute atomic E-state index is 0.0505. The molecule has 27 heavy (non-hydrogen) atoms. The number of piperidine rings is 1. The van der Waals surface area contributed by atoms with Crippen molar-refractivity contribution in [3.63, 3.8) is 0 Å². The van der Waals surface area contributed by atoms with Crippen LogP contribution in [0.5, 0.6) is 0 Å². The Bertz CT molecular complexity index is 1000. The van der Waals surface area contributed by atoms with Crippen molar-refractivity contribution in [1.29, 1.82) is 0 Å². The quantitative estimate of drug-likeness (QED) is 0.721. The molecule has 0 spiro atoms. The van der Waals surface area contributed by atoms with Gasteiger partial charge in [-0.2, -0.15) is 4.52 Å². The first kappa shape index (κ1) is 18.0. The van der Waals surface area contributed by atoms with Crippen LogP contribution >= 0.6 is 23.2 Å². The van der Waals surface area contributed by atoms with Gasteiger partial charge in [0, 0.05) is 18.1 Å².